The van der Waals surface area contributed by atoms with E-state index >= 15 is 0 Å². The molecule has 0 amide bonds. The number of rotatable bonds is 6. The molecule has 0 saturated heterocycles. The molecule has 2 aromatic carbocycles. The van der Waals surface area contributed by atoms with Gasteiger partial charge in [0.2, 0.25) is 0 Å². The van der Waals surface area contributed by atoms with Gasteiger partial charge in [-0.25, -0.2) is 0 Å². The van der Waals surface area contributed by atoms with E-state index in [9.17, 15) is 9.59 Å². The molecule has 0 aromatic heterocycles. The van der Waals surface area contributed by atoms with E-state index in [1.54, 1.807) is 12.2 Å². The highest BCUT2D eigenvalue weighted by molar-refractivity contribution is 5.72. The smallest absolute Gasteiger partial charge is 0.317 e. The minimum absolute atomic E-state index is 0.313. The number of hydrogen-bond acceptors (Lipinski definition) is 3. The Morgan fingerprint density at radius 1 is 0.741 bits per heavy atom. The molecule has 3 N–H and O–H groups in total. The first-order valence-corrected chi connectivity index (χ1v) is 8.03. The normalized spacial score (nSPS) is 8.00. The van der Waals surface area contributed by atoms with Gasteiger partial charge in [-0.1, -0.05) is 105 Å². The van der Waals surface area contributed by atoms with E-state index in [2.05, 4.69) is 25.1 Å². The van der Waals surface area contributed by atoms with Crippen molar-refractivity contribution in [1.29, 1.82) is 0 Å². The van der Waals surface area contributed by atoms with E-state index < -0.39 is 11.9 Å². The van der Waals surface area contributed by atoms with Gasteiger partial charge in [0.25, 0.3) is 0 Å². The first-order valence-electron chi connectivity index (χ1n) is 8.03. The highest BCUT2D eigenvalue weighted by Gasteiger charge is 1.97. The summed E-state index contributed by atoms with van der Waals surface area (Å²) >= 11 is 0. The maximum atomic E-state index is 9.73. The van der Waals surface area contributed by atoms with Crippen molar-refractivity contribution >= 4 is 18.0 Å². The third-order valence-corrected chi connectivity index (χ3v) is 2.42. The zero-order chi connectivity index (χ0) is 20.8. The van der Waals surface area contributed by atoms with Crippen LogP contribution in [0, 0.1) is 0 Å². The highest BCUT2D eigenvalue weighted by atomic mass is 16.4. The van der Waals surface area contributed by atoms with Gasteiger partial charge < -0.3 is 10.2 Å². The molecule has 0 aliphatic rings. The van der Waals surface area contributed by atoms with Gasteiger partial charge in [-0.2, -0.15) is 0 Å². The third-order valence-electron chi connectivity index (χ3n) is 2.42. The number of benzene rings is 2. The molecule has 0 spiro atoms. The lowest BCUT2D eigenvalue weighted by Crippen LogP contribution is -2.27. The largest absolute Gasteiger partial charge is 0.480 e. The molecule has 0 aliphatic heterocycles. The van der Waals surface area contributed by atoms with Crippen LogP contribution in [0.1, 0.15) is 5.56 Å². The Labute approximate surface area is 161 Å². The predicted octanol–water partition coefficient (Wildman–Crippen LogP) is 4.12. The molecule has 144 valence electrons. The van der Waals surface area contributed by atoms with Crippen molar-refractivity contribution in [1.82, 2.24) is 5.32 Å². The van der Waals surface area contributed by atoms with Crippen molar-refractivity contribution < 1.29 is 19.8 Å². The number of carboxylic acid groups (broad SMARTS) is 2. The summed E-state index contributed by atoms with van der Waals surface area (Å²) in [6, 6.07) is 22.0. The van der Waals surface area contributed by atoms with Crippen molar-refractivity contribution in [2.45, 2.75) is 0 Å². The minimum Gasteiger partial charge on any atom is -0.480 e. The SMILES string of the molecule is C=CC=C.C=Cc1ccccc1.O=C(O)CNCC(=O)O.c1ccccc1. The van der Waals surface area contributed by atoms with Crippen molar-refractivity contribution in [3.05, 3.63) is 104 Å². The number of hydrogen-bond donors (Lipinski definition) is 3. The van der Waals surface area contributed by atoms with Gasteiger partial charge in [0.05, 0.1) is 13.1 Å². The molecule has 0 radical (unpaired) electrons. The van der Waals surface area contributed by atoms with Crippen LogP contribution in [-0.2, 0) is 9.59 Å². The number of nitrogens with one attached hydrogen (secondary N) is 1. The Balaban J connectivity index is 0. The Morgan fingerprint density at radius 3 is 1.30 bits per heavy atom. The van der Waals surface area contributed by atoms with Crippen molar-refractivity contribution in [2.75, 3.05) is 13.1 Å². The topological polar surface area (TPSA) is 86.6 Å². The summed E-state index contributed by atoms with van der Waals surface area (Å²) in [5.41, 5.74) is 1.17. The molecule has 0 heterocycles. The lowest BCUT2D eigenvalue weighted by molar-refractivity contribution is -0.137. The summed E-state index contributed by atoms with van der Waals surface area (Å²) in [6.07, 6.45) is 5.11. The van der Waals surface area contributed by atoms with Gasteiger partial charge in [-0.15, -0.1) is 0 Å². The van der Waals surface area contributed by atoms with Crippen LogP contribution in [0.15, 0.2) is 98.6 Å². The van der Waals surface area contributed by atoms with Crippen molar-refractivity contribution in [3.8, 4) is 0 Å². The fraction of sp³-hybridized carbons (Fsp3) is 0.0909. The van der Waals surface area contributed by atoms with Gasteiger partial charge in [-0.3, -0.25) is 14.9 Å². The molecular formula is C22H27NO4. The summed E-state index contributed by atoms with van der Waals surface area (Å²) < 4.78 is 0. The second-order valence-electron chi connectivity index (χ2n) is 4.63. The molecule has 2 aromatic rings. The molecule has 2 rings (SSSR count). The quantitative estimate of drug-likeness (QED) is 0.667. The van der Waals surface area contributed by atoms with Crippen LogP contribution in [-0.4, -0.2) is 35.2 Å². The maximum Gasteiger partial charge on any atom is 0.317 e. The molecule has 0 bridgehead atoms. The van der Waals surface area contributed by atoms with Crippen LogP contribution >= 0.6 is 0 Å². The molecule has 0 fully saturated rings. The lowest BCUT2D eigenvalue weighted by atomic mass is 10.2. The first-order chi connectivity index (χ1) is 13.0. The Kier molecular flexibility index (Phi) is 19.7. The molecule has 0 saturated carbocycles. The second kappa shape index (κ2) is 20.6. The second-order valence-corrected chi connectivity index (χ2v) is 4.63. The number of carbonyl (C=O) groups is 2. The maximum absolute atomic E-state index is 9.73. The lowest BCUT2D eigenvalue weighted by Gasteiger charge is -1.93. The van der Waals surface area contributed by atoms with E-state index in [0.717, 1.165) is 0 Å². The average molecular weight is 369 g/mol. The molecule has 27 heavy (non-hydrogen) atoms. The van der Waals surface area contributed by atoms with Gasteiger partial charge >= 0.3 is 11.9 Å². The first kappa shape index (κ1) is 25.8. The molecule has 5 nitrogen and oxygen atoms in total. The van der Waals surface area contributed by atoms with E-state index in [1.807, 2.05) is 72.8 Å². The summed E-state index contributed by atoms with van der Waals surface area (Å²) in [4.78, 5) is 19.5. The molecule has 0 atom stereocenters. The molecular weight excluding hydrogens is 342 g/mol. The molecule has 0 unspecified atom stereocenters. The van der Waals surface area contributed by atoms with E-state index in [1.165, 1.54) is 5.56 Å². The van der Waals surface area contributed by atoms with Gasteiger partial charge in [0.15, 0.2) is 0 Å². The van der Waals surface area contributed by atoms with E-state index in [4.69, 9.17) is 10.2 Å². The Morgan fingerprint density at radius 2 is 1.07 bits per heavy atom. The average Bonchev–Trinajstić information content (AvgIpc) is 2.70. The number of carboxylic acids is 2. The van der Waals surface area contributed by atoms with Gasteiger partial charge in [0, 0.05) is 0 Å². The van der Waals surface area contributed by atoms with Crippen LogP contribution in [0.3, 0.4) is 0 Å². The van der Waals surface area contributed by atoms with Crippen LogP contribution in [0.5, 0.6) is 0 Å². The zero-order valence-electron chi connectivity index (χ0n) is 15.3. The highest BCUT2D eigenvalue weighted by Crippen LogP contribution is 1.97. The fourth-order valence-corrected chi connectivity index (χ4v) is 1.25. The summed E-state index contributed by atoms with van der Waals surface area (Å²) in [5.74, 6) is -2.12. The zero-order valence-corrected chi connectivity index (χ0v) is 15.3. The monoisotopic (exact) mass is 369 g/mol. The summed E-state index contributed by atoms with van der Waals surface area (Å²) in [6.45, 7) is 9.73. The van der Waals surface area contributed by atoms with Crippen LogP contribution < -0.4 is 5.32 Å². The third kappa shape index (κ3) is 24.9. The van der Waals surface area contributed by atoms with E-state index in [-0.39, 0.29) is 13.1 Å². The Bertz CT molecular complexity index is 593. The number of allylic oxidation sites excluding steroid dienone is 2. The Hall–Kier alpha value is -3.44. The molecule has 5 heteroatoms. The standard InChI is InChI=1S/C8H8.C6H6.C4H7NO4.C4H6/c1-2-8-6-4-3-5-7-8;1-2-4-6-5-3-1;6-3(7)1-5-2-4(8)9;1-3-4-2/h2-7H,1H2;1-6H;5H,1-2H2,(H,6,7)(H,8,9);3-4H,1-2H2. The van der Waals surface area contributed by atoms with Gasteiger partial charge in [0.1, 0.15) is 0 Å². The molecule has 0 aliphatic carbocycles. The predicted molar refractivity (Wildman–Crippen MR) is 112 cm³/mol. The van der Waals surface area contributed by atoms with Crippen molar-refractivity contribution in [2.24, 2.45) is 0 Å². The minimum atomic E-state index is -1.06. The number of aliphatic carboxylic acids is 2. The van der Waals surface area contributed by atoms with Crippen LogP contribution in [0.4, 0.5) is 0 Å². The summed E-state index contributed by atoms with van der Waals surface area (Å²) in [7, 11) is 0. The van der Waals surface area contributed by atoms with Gasteiger partial charge in [-0.05, 0) is 5.56 Å². The summed E-state index contributed by atoms with van der Waals surface area (Å²) in [5, 5.41) is 18.1. The van der Waals surface area contributed by atoms with E-state index in [0.29, 0.717) is 0 Å². The van der Waals surface area contributed by atoms with Crippen LogP contribution in [0.25, 0.3) is 6.08 Å². The van der Waals surface area contributed by atoms with Crippen molar-refractivity contribution in [3.63, 3.8) is 0 Å². The fourth-order valence-electron chi connectivity index (χ4n) is 1.25. The van der Waals surface area contributed by atoms with Crippen LogP contribution in [0.2, 0.25) is 0 Å².